The van der Waals surface area contributed by atoms with Crippen LogP contribution in [0.15, 0.2) is 18.2 Å². The van der Waals surface area contributed by atoms with Gasteiger partial charge in [-0.2, -0.15) is 0 Å². The maximum atomic E-state index is 13.0. The van der Waals surface area contributed by atoms with Crippen molar-refractivity contribution >= 4 is 29.9 Å². The number of hydrogen-bond acceptors (Lipinski definition) is 11. The number of aliphatic hydroxyl groups is 1. The van der Waals surface area contributed by atoms with Crippen LogP contribution < -0.4 is 15.4 Å². The Labute approximate surface area is 232 Å². The van der Waals surface area contributed by atoms with Crippen LogP contribution in [0.3, 0.4) is 0 Å². The van der Waals surface area contributed by atoms with Gasteiger partial charge in [0.25, 0.3) is 11.8 Å². The molecule has 14 heteroatoms. The van der Waals surface area contributed by atoms with E-state index in [2.05, 4.69) is 10.6 Å². The van der Waals surface area contributed by atoms with Crippen molar-refractivity contribution in [2.75, 3.05) is 79.7 Å². The minimum absolute atomic E-state index is 0.00866. The second-order valence-electron chi connectivity index (χ2n) is 8.53. The summed E-state index contributed by atoms with van der Waals surface area (Å²) >= 11 is 0. The molecule has 1 aliphatic heterocycles. The van der Waals surface area contributed by atoms with Gasteiger partial charge >= 0.3 is 0 Å². The molecule has 1 aromatic carbocycles. The van der Waals surface area contributed by atoms with E-state index < -0.39 is 36.3 Å². The van der Waals surface area contributed by atoms with Crippen molar-refractivity contribution in [3.63, 3.8) is 0 Å². The molecule has 222 valence electrons. The lowest BCUT2D eigenvalue weighted by Gasteiger charge is -2.30. The van der Waals surface area contributed by atoms with Gasteiger partial charge in [-0.15, -0.1) is 0 Å². The summed E-state index contributed by atoms with van der Waals surface area (Å²) in [6.45, 7) is 2.71. The van der Waals surface area contributed by atoms with E-state index in [0.29, 0.717) is 45.9 Å². The Morgan fingerprint density at radius 1 is 1.02 bits per heavy atom. The molecule has 1 aliphatic rings. The fourth-order valence-electron chi connectivity index (χ4n) is 3.64. The number of likely N-dealkylation sites (N-methyl/N-ethyl adjacent to an activating group) is 1. The summed E-state index contributed by atoms with van der Waals surface area (Å²) in [5.74, 6) is -1.98. The molecule has 0 radical (unpaired) electrons. The van der Waals surface area contributed by atoms with E-state index >= 15 is 0 Å². The highest BCUT2D eigenvalue weighted by Crippen LogP contribution is 2.23. The van der Waals surface area contributed by atoms with Crippen molar-refractivity contribution in [3.05, 3.63) is 29.3 Å². The molecule has 0 bridgehead atoms. The summed E-state index contributed by atoms with van der Waals surface area (Å²) in [7, 11) is 1.42. The average molecular weight is 568 g/mol. The van der Waals surface area contributed by atoms with E-state index in [0.717, 1.165) is 0 Å². The van der Waals surface area contributed by atoms with Crippen LogP contribution in [0.5, 0.6) is 5.75 Å². The Kier molecular flexibility index (Phi) is 15.4. The lowest BCUT2D eigenvalue weighted by Crippen LogP contribution is -2.53. The lowest BCUT2D eigenvalue weighted by molar-refractivity contribution is -0.136. The second-order valence-corrected chi connectivity index (χ2v) is 8.53. The number of aliphatic hydroxyl groups excluding tert-OH is 1. The summed E-state index contributed by atoms with van der Waals surface area (Å²) < 4.78 is 26.6. The zero-order valence-electron chi connectivity index (χ0n) is 22.6. The molecule has 1 unspecified atom stereocenters. The zero-order valence-corrected chi connectivity index (χ0v) is 22.6. The standard InChI is InChI=1S/C26H37N3O11/c1-29(21-5-6-23(32)28-25(21)34)26(35)19-3-2-4-22(20(19)17-31)40-18-24(33)27-7-9-36-11-13-38-15-16-39-14-12-37-10-8-30/h2-4,17,21,30H,5-16,18H2,1H3,(H,27,33)(H,28,32,34). The number of nitrogens with one attached hydrogen (secondary N) is 2. The van der Waals surface area contributed by atoms with Crippen molar-refractivity contribution < 1.29 is 52.8 Å². The van der Waals surface area contributed by atoms with Gasteiger partial charge in [-0.05, 0) is 18.6 Å². The Balaban J connectivity index is 1.66. The maximum Gasteiger partial charge on any atom is 0.258 e. The van der Waals surface area contributed by atoms with Crippen molar-refractivity contribution in [1.29, 1.82) is 0 Å². The molecular formula is C26H37N3O11. The molecule has 1 saturated heterocycles. The number of piperidine rings is 1. The number of nitrogens with zero attached hydrogens (tertiary/aromatic N) is 1. The van der Waals surface area contributed by atoms with Crippen molar-refractivity contribution in [2.24, 2.45) is 0 Å². The monoisotopic (exact) mass is 567 g/mol. The van der Waals surface area contributed by atoms with Crippen LogP contribution in [0.4, 0.5) is 0 Å². The van der Waals surface area contributed by atoms with E-state index in [1.807, 2.05) is 0 Å². The van der Waals surface area contributed by atoms with Crippen LogP contribution in [-0.2, 0) is 33.3 Å². The molecule has 0 saturated carbocycles. The van der Waals surface area contributed by atoms with E-state index in [4.69, 9.17) is 28.8 Å². The SMILES string of the molecule is CN(C(=O)c1cccc(OCC(=O)NCCOCCOCCOCCOCCO)c1C=O)C1CCC(=O)NC1=O. The molecule has 1 fully saturated rings. The predicted molar refractivity (Wildman–Crippen MR) is 139 cm³/mol. The van der Waals surface area contributed by atoms with Crippen LogP contribution in [0, 0.1) is 0 Å². The molecular weight excluding hydrogens is 530 g/mol. The van der Waals surface area contributed by atoms with Crippen LogP contribution >= 0.6 is 0 Å². The first kappa shape index (κ1) is 32.8. The minimum atomic E-state index is -0.850. The number of hydrogen-bond donors (Lipinski definition) is 3. The molecule has 1 aromatic rings. The van der Waals surface area contributed by atoms with Crippen molar-refractivity contribution in [3.8, 4) is 5.75 Å². The van der Waals surface area contributed by atoms with Crippen molar-refractivity contribution in [1.82, 2.24) is 15.5 Å². The van der Waals surface area contributed by atoms with Crippen LogP contribution in [0.2, 0.25) is 0 Å². The summed E-state index contributed by atoms with van der Waals surface area (Å²) in [6.07, 6.45) is 0.731. The number of imide groups is 1. The zero-order chi connectivity index (χ0) is 29.2. The number of aldehydes is 1. The molecule has 2 rings (SSSR count). The van der Waals surface area contributed by atoms with E-state index in [9.17, 15) is 24.0 Å². The molecule has 1 heterocycles. The number of carbonyl (C=O) groups is 5. The number of rotatable bonds is 20. The average Bonchev–Trinajstić information content (AvgIpc) is 2.95. The third kappa shape index (κ3) is 11.4. The number of ether oxygens (including phenoxy) is 5. The van der Waals surface area contributed by atoms with Gasteiger partial charge in [0, 0.05) is 20.0 Å². The topological polar surface area (TPSA) is 179 Å². The quantitative estimate of drug-likeness (QED) is 0.0992. The third-order valence-corrected chi connectivity index (χ3v) is 5.69. The van der Waals surface area contributed by atoms with Crippen molar-refractivity contribution in [2.45, 2.75) is 18.9 Å². The van der Waals surface area contributed by atoms with E-state index in [1.165, 1.54) is 30.1 Å². The third-order valence-electron chi connectivity index (χ3n) is 5.69. The molecule has 0 aromatic heterocycles. The largest absolute Gasteiger partial charge is 0.483 e. The van der Waals surface area contributed by atoms with E-state index in [-0.39, 0.29) is 56.1 Å². The normalized spacial score (nSPS) is 14.9. The van der Waals surface area contributed by atoms with Crippen LogP contribution in [0.1, 0.15) is 33.6 Å². The summed E-state index contributed by atoms with van der Waals surface area (Å²) in [4.78, 5) is 61.7. The fourth-order valence-corrected chi connectivity index (χ4v) is 3.64. The molecule has 3 N–H and O–H groups in total. The molecule has 0 spiro atoms. The van der Waals surface area contributed by atoms with Gasteiger partial charge in [0.1, 0.15) is 11.8 Å². The first-order valence-corrected chi connectivity index (χ1v) is 12.9. The summed E-state index contributed by atoms with van der Waals surface area (Å²) in [5.41, 5.74) is -0.0439. The Hall–Kier alpha value is -3.43. The summed E-state index contributed by atoms with van der Waals surface area (Å²) in [5, 5.41) is 13.4. The van der Waals surface area contributed by atoms with Gasteiger partial charge in [-0.3, -0.25) is 29.3 Å². The molecule has 4 amide bonds. The smallest absolute Gasteiger partial charge is 0.258 e. The molecule has 40 heavy (non-hydrogen) atoms. The Morgan fingerprint density at radius 2 is 1.65 bits per heavy atom. The minimum Gasteiger partial charge on any atom is -0.483 e. The number of amides is 4. The van der Waals surface area contributed by atoms with Gasteiger partial charge in [-0.25, -0.2) is 0 Å². The first-order valence-electron chi connectivity index (χ1n) is 12.9. The molecule has 0 aliphatic carbocycles. The molecule has 14 nitrogen and oxygen atoms in total. The number of benzene rings is 1. The molecule has 1 atom stereocenters. The lowest BCUT2D eigenvalue weighted by atomic mass is 10.0. The fraction of sp³-hybridized carbons (Fsp3) is 0.577. The highest BCUT2D eigenvalue weighted by Gasteiger charge is 2.33. The summed E-state index contributed by atoms with van der Waals surface area (Å²) in [6, 6.07) is 3.53. The number of carbonyl (C=O) groups excluding carboxylic acids is 5. The Bertz CT molecular complexity index is 989. The van der Waals surface area contributed by atoms with Crippen LogP contribution in [-0.4, -0.2) is 126 Å². The predicted octanol–water partition coefficient (Wildman–Crippen LogP) is -1.07. The van der Waals surface area contributed by atoms with Gasteiger partial charge < -0.3 is 39.0 Å². The van der Waals surface area contributed by atoms with Gasteiger partial charge in [0.2, 0.25) is 11.8 Å². The second kappa shape index (κ2) is 18.8. The Morgan fingerprint density at radius 3 is 2.25 bits per heavy atom. The first-order chi connectivity index (χ1) is 19.4. The van der Waals surface area contributed by atoms with Gasteiger partial charge in [-0.1, -0.05) is 6.07 Å². The van der Waals surface area contributed by atoms with E-state index in [1.54, 1.807) is 0 Å². The van der Waals surface area contributed by atoms with Crippen LogP contribution in [0.25, 0.3) is 0 Å². The highest BCUT2D eigenvalue weighted by molar-refractivity contribution is 6.06. The van der Waals surface area contributed by atoms with Gasteiger partial charge in [0.15, 0.2) is 12.9 Å². The highest BCUT2D eigenvalue weighted by atomic mass is 16.6. The van der Waals surface area contributed by atoms with Gasteiger partial charge in [0.05, 0.1) is 70.6 Å². The maximum absolute atomic E-state index is 13.0.